The van der Waals surface area contributed by atoms with Gasteiger partial charge < -0.3 is 10.1 Å². The molecule has 3 rings (SSSR count). The summed E-state index contributed by atoms with van der Waals surface area (Å²) in [5.74, 6) is -3.53. The predicted molar refractivity (Wildman–Crippen MR) is 101 cm³/mol. The normalized spacial score (nSPS) is 22.8. The molecule has 9 heteroatoms. The monoisotopic (exact) mass is 407 g/mol. The van der Waals surface area contributed by atoms with Crippen molar-refractivity contribution in [3.05, 3.63) is 0 Å². The van der Waals surface area contributed by atoms with E-state index in [-0.39, 0.29) is 30.6 Å². The molecular weight excluding hydrogens is 378 g/mol. The van der Waals surface area contributed by atoms with E-state index in [2.05, 4.69) is 10.7 Å². The molecule has 9 nitrogen and oxygen atoms in total. The minimum absolute atomic E-state index is 0.00904. The van der Waals surface area contributed by atoms with Crippen LogP contribution < -0.4 is 10.7 Å². The van der Waals surface area contributed by atoms with E-state index >= 15 is 0 Å². The molecule has 1 unspecified atom stereocenters. The SMILES string of the molecule is O=C(NN1C(=O)CCC1=O)C(=O)C(NC(=O)C1CCCCCC1)C1CCOCC1. The summed E-state index contributed by atoms with van der Waals surface area (Å²) in [6, 6.07) is -0.984. The molecule has 0 spiro atoms. The fourth-order valence-electron chi connectivity index (χ4n) is 4.26. The summed E-state index contributed by atoms with van der Waals surface area (Å²) in [6.07, 6.45) is 6.85. The molecule has 2 N–H and O–H groups in total. The van der Waals surface area contributed by atoms with Crippen LogP contribution in [0.25, 0.3) is 0 Å². The Balaban J connectivity index is 1.69. The fourth-order valence-corrected chi connectivity index (χ4v) is 4.26. The van der Waals surface area contributed by atoms with Crippen molar-refractivity contribution in [2.75, 3.05) is 13.2 Å². The number of hydrazine groups is 1. The van der Waals surface area contributed by atoms with Crippen LogP contribution in [-0.2, 0) is 28.7 Å². The molecule has 0 radical (unpaired) electrons. The highest BCUT2D eigenvalue weighted by Gasteiger charge is 2.39. The van der Waals surface area contributed by atoms with E-state index in [1.54, 1.807) is 0 Å². The van der Waals surface area contributed by atoms with Crippen molar-refractivity contribution in [1.29, 1.82) is 0 Å². The van der Waals surface area contributed by atoms with Crippen LogP contribution in [-0.4, -0.2) is 53.7 Å². The number of ketones is 1. The van der Waals surface area contributed by atoms with Crippen LogP contribution in [0.2, 0.25) is 0 Å². The highest BCUT2D eigenvalue weighted by molar-refractivity contribution is 6.39. The lowest BCUT2D eigenvalue weighted by Gasteiger charge is -2.31. The first-order valence-corrected chi connectivity index (χ1v) is 10.6. The Bertz CT molecular complexity index is 649. The van der Waals surface area contributed by atoms with Gasteiger partial charge in [-0.05, 0) is 31.6 Å². The van der Waals surface area contributed by atoms with E-state index in [1.165, 1.54) is 0 Å². The maximum atomic E-state index is 12.9. The van der Waals surface area contributed by atoms with Gasteiger partial charge in [-0.1, -0.05) is 25.7 Å². The molecule has 2 heterocycles. The molecule has 0 aromatic heterocycles. The lowest BCUT2D eigenvalue weighted by Crippen LogP contribution is -2.56. The molecule has 0 aromatic rings. The van der Waals surface area contributed by atoms with E-state index in [0.717, 1.165) is 38.5 Å². The zero-order chi connectivity index (χ0) is 20.8. The van der Waals surface area contributed by atoms with E-state index in [0.29, 0.717) is 31.1 Å². The second-order valence-electron chi connectivity index (χ2n) is 8.05. The molecule has 0 aromatic carbocycles. The van der Waals surface area contributed by atoms with Crippen molar-refractivity contribution < 1.29 is 28.7 Å². The molecule has 0 bridgehead atoms. The number of hydrogen-bond donors (Lipinski definition) is 2. The minimum atomic E-state index is -1.05. The highest BCUT2D eigenvalue weighted by Crippen LogP contribution is 2.25. The number of Topliss-reactive ketones (excluding diaryl/α,β-unsaturated/α-hetero) is 1. The molecule has 3 aliphatic rings. The van der Waals surface area contributed by atoms with Crippen molar-refractivity contribution in [2.24, 2.45) is 11.8 Å². The van der Waals surface area contributed by atoms with Crippen molar-refractivity contribution >= 4 is 29.4 Å². The molecule has 2 saturated heterocycles. The number of imide groups is 1. The number of ether oxygens (including phenoxy) is 1. The van der Waals surface area contributed by atoms with Crippen LogP contribution in [0.4, 0.5) is 0 Å². The number of carbonyl (C=O) groups is 5. The zero-order valence-corrected chi connectivity index (χ0v) is 16.6. The van der Waals surface area contributed by atoms with Gasteiger partial charge in [0.25, 0.3) is 0 Å². The third-order valence-electron chi connectivity index (χ3n) is 6.03. The second kappa shape index (κ2) is 9.96. The minimum Gasteiger partial charge on any atom is -0.381 e. The Morgan fingerprint density at radius 1 is 0.897 bits per heavy atom. The van der Waals surface area contributed by atoms with Gasteiger partial charge in [-0.2, -0.15) is 5.01 Å². The number of nitrogens with one attached hydrogen (secondary N) is 2. The lowest BCUT2D eigenvalue weighted by atomic mass is 9.87. The number of hydrogen-bond acceptors (Lipinski definition) is 6. The van der Waals surface area contributed by atoms with E-state index < -0.39 is 29.5 Å². The zero-order valence-electron chi connectivity index (χ0n) is 16.6. The summed E-state index contributed by atoms with van der Waals surface area (Å²) in [4.78, 5) is 61.7. The summed E-state index contributed by atoms with van der Waals surface area (Å²) in [5, 5.41) is 3.42. The van der Waals surface area contributed by atoms with Gasteiger partial charge >= 0.3 is 5.91 Å². The van der Waals surface area contributed by atoms with Gasteiger partial charge in [0, 0.05) is 32.0 Å². The van der Waals surface area contributed by atoms with E-state index in [9.17, 15) is 24.0 Å². The molecule has 1 aliphatic carbocycles. The fraction of sp³-hybridized carbons (Fsp3) is 0.750. The molecule has 2 aliphatic heterocycles. The number of nitrogens with zero attached hydrogens (tertiary/aromatic N) is 1. The van der Waals surface area contributed by atoms with Gasteiger partial charge in [0.2, 0.25) is 23.5 Å². The molecule has 29 heavy (non-hydrogen) atoms. The topological polar surface area (TPSA) is 122 Å². The van der Waals surface area contributed by atoms with Gasteiger partial charge in [-0.3, -0.25) is 29.4 Å². The Hall–Kier alpha value is -2.29. The Morgan fingerprint density at radius 2 is 1.48 bits per heavy atom. The van der Waals surface area contributed by atoms with Crippen LogP contribution in [0.3, 0.4) is 0 Å². The highest BCUT2D eigenvalue weighted by atomic mass is 16.5. The average Bonchev–Trinajstić information content (AvgIpc) is 2.94. The third-order valence-corrected chi connectivity index (χ3v) is 6.03. The molecule has 3 fully saturated rings. The first-order chi connectivity index (χ1) is 14.0. The van der Waals surface area contributed by atoms with Gasteiger partial charge in [0.1, 0.15) is 6.04 Å². The maximum Gasteiger partial charge on any atom is 0.308 e. The summed E-state index contributed by atoms with van der Waals surface area (Å²) in [5.41, 5.74) is 2.12. The van der Waals surface area contributed by atoms with Crippen LogP contribution >= 0.6 is 0 Å². The third kappa shape index (κ3) is 5.41. The van der Waals surface area contributed by atoms with Gasteiger partial charge in [0.05, 0.1) is 0 Å². The van der Waals surface area contributed by atoms with E-state index in [1.807, 2.05) is 0 Å². The molecular formula is C20H29N3O6. The first-order valence-electron chi connectivity index (χ1n) is 10.6. The average molecular weight is 407 g/mol. The molecule has 4 amide bonds. The Labute approximate surface area is 169 Å². The van der Waals surface area contributed by atoms with Crippen LogP contribution in [0, 0.1) is 11.8 Å². The van der Waals surface area contributed by atoms with E-state index in [4.69, 9.17) is 4.74 Å². The largest absolute Gasteiger partial charge is 0.381 e. The number of amides is 4. The van der Waals surface area contributed by atoms with Crippen LogP contribution in [0.1, 0.15) is 64.2 Å². The first kappa shape index (κ1) is 21.4. The summed E-state index contributed by atoms with van der Waals surface area (Å²) < 4.78 is 5.34. The molecule has 160 valence electrons. The lowest BCUT2D eigenvalue weighted by molar-refractivity contribution is -0.152. The number of carbonyl (C=O) groups excluding carboxylic acids is 5. The summed E-state index contributed by atoms with van der Waals surface area (Å²) in [7, 11) is 0. The maximum absolute atomic E-state index is 12.9. The van der Waals surface area contributed by atoms with Crippen molar-refractivity contribution in [1.82, 2.24) is 15.8 Å². The molecule has 1 atom stereocenters. The van der Waals surface area contributed by atoms with Gasteiger partial charge in [0.15, 0.2) is 0 Å². The number of rotatable bonds is 6. The summed E-state index contributed by atoms with van der Waals surface area (Å²) >= 11 is 0. The smallest absolute Gasteiger partial charge is 0.308 e. The quantitative estimate of drug-likeness (QED) is 0.378. The predicted octanol–water partition coefficient (Wildman–Crippen LogP) is 0.618. The van der Waals surface area contributed by atoms with Crippen molar-refractivity contribution in [3.63, 3.8) is 0 Å². The second-order valence-corrected chi connectivity index (χ2v) is 8.05. The van der Waals surface area contributed by atoms with Crippen molar-refractivity contribution in [3.8, 4) is 0 Å². The van der Waals surface area contributed by atoms with Gasteiger partial charge in [-0.25, -0.2) is 0 Å². The Morgan fingerprint density at radius 3 is 2.07 bits per heavy atom. The van der Waals surface area contributed by atoms with Crippen molar-refractivity contribution in [2.45, 2.75) is 70.3 Å². The van der Waals surface area contributed by atoms with Crippen LogP contribution in [0.15, 0.2) is 0 Å². The summed E-state index contributed by atoms with van der Waals surface area (Å²) in [6.45, 7) is 0.914. The van der Waals surface area contributed by atoms with Crippen LogP contribution in [0.5, 0.6) is 0 Å². The standard InChI is InChI=1S/C20H29N3O6/c24-15-7-8-16(25)23(15)22-20(28)18(26)17(13-9-11-29-12-10-13)21-19(27)14-5-3-1-2-4-6-14/h13-14,17H,1-12H2,(H,21,27)(H,22,28). The molecule has 1 saturated carbocycles. The van der Waals surface area contributed by atoms with Gasteiger partial charge in [-0.15, -0.1) is 0 Å². The Kier molecular flexibility index (Phi) is 7.35.